The molecule has 1 amide bonds. The Morgan fingerprint density at radius 1 is 1.23 bits per heavy atom. The van der Waals surface area contributed by atoms with Gasteiger partial charge in [-0.3, -0.25) is 19.2 Å². The number of benzene rings is 1. The Hall–Kier alpha value is -3.29. The van der Waals surface area contributed by atoms with Crippen LogP contribution in [0.25, 0.3) is 0 Å². The smallest absolute Gasteiger partial charge is 0.230 e. The summed E-state index contributed by atoms with van der Waals surface area (Å²) in [5, 5.41) is 23.3. The summed E-state index contributed by atoms with van der Waals surface area (Å²) in [6.45, 7) is 5.69. The molecule has 162 valence electrons. The van der Waals surface area contributed by atoms with Crippen LogP contribution in [0.15, 0.2) is 58.2 Å². The van der Waals surface area contributed by atoms with E-state index in [1.165, 1.54) is 0 Å². The van der Waals surface area contributed by atoms with Gasteiger partial charge < -0.3 is 5.11 Å². The molecule has 31 heavy (non-hydrogen) atoms. The van der Waals surface area contributed by atoms with Gasteiger partial charge in [-0.1, -0.05) is 37.3 Å². The number of ketones is 1. The van der Waals surface area contributed by atoms with Gasteiger partial charge in [0.1, 0.15) is 5.54 Å². The maximum atomic E-state index is 12.8. The molecule has 1 N–H and O–H groups in total. The zero-order valence-electron chi connectivity index (χ0n) is 18.1. The van der Waals surface area contributed by atoms with Crippen molar-refractivity contribution in [3.8, 4) is 0 Å². The lowest BCUT2D eigenvalue weighted by Crippen LogP contribution is -2.47. The number of carbonyl (C=O) groups excluding carboxylic acids is 2. The standard InChI is InChI=1S/C23H27N5O3/c1-4-8-19(29)28-22(31)20(21(30)23(28,2)3)25-24-18-13-17(16-11-12-16)27(26-18)14-15-9-6-5-7-10-15/h5-7,9-10,13,16,31H,4,8,11-12,14H2,1-3H3. The predicted molar refractivity (Wildman–Crippen MR) is 115 cm³/mol. The van der Waals surface area contributed by atoms with E-state index >= 15 is 0 Å². The number of aromatic nitrogens is 2. The SMILES string of the molecule is CCCC(=O)N1C(O)=C(N=Nc2cc(C3CC3)n(Cc3ccccc3)n2)C(=O)C1(C)C. The lowest BCUT2D eigenvalue weighted by Gasteiger charge is -2.29. The second-order valence-electron chi connectivity index (χ2n) is 8.58. The summed E-state index contributed by atoms with van der Waals surface area (Å²) in [6, 6.07) is 11.9. The van der Waals surface area contributed by atoms with E-state index in [1.807, 2.05) is 48.0 Å². The highest BCUT2D eigenvalue weighted by atomic mass is 16.3. The number of hydrogen-bond acceptors (Lipinski definition) is 6. The molecule has 2 heterocycles. The third-order valence-electron chi connectivity index (χ3n) is 5.69. The molecule has 1 aromatic carbocycles. The molecule has 4 rings (SSSR count). The van der Waals surface area contributed by atoms with E-state index in [9.17, 15) is 14.7 Å². The van der Waals surface area contributed by atoms with Crippen molar-refractivity contribution in [2.75, 3.05) is 0 Å². The molecular formula is C23H27N5O3. The van der Waals surface area contributed by atoms with Gasteiger partial charge in [-0.2, -0.15) is 5.10 Å². The molecule has 1 fully saturated rings. The van der Waals surface area contributed by atoms with E-state index in [4.69, 9.17) is 0 Å². The average Bonchev–Trinajstić information content (AvgIpc) is 3.47. The number of hydrogen-bond donors (Lipinski definition) is 1. The van der Waals surface area contributed by atoms with Crippen LogP contribution in [-0.4, -0.2) is 37.0 Å². The van der Waals surface area contributed by atoms with Crippen LogP contribution in [0.4, 0.5) is 5.82 Å². The summed E-state index contributed by atoms with van der Waals surface area (Å²) in [7, 11) is 0. The summed E-state index contributed by atoms with van der Waals surface area (Å²) in [6.07, 6.45) is 3.08. The van der Waals surface area contributed by atoms with Gasteiger partial charge in [0.05, 0.1) is 6.54 Å². The van der Waals surface area contributed by atoms with Crippen molar-refractivity contribution in [1.29, 1.82) is 0 Å². The van der Waals surface area contributed by atoms with Crippen molar-refractivity contribution in [3.05, 3.63) is 59.2 Å². The minimum absolute atomic E-state index is 0.208. The quantitative estimate of drug-likeness (QED) is 0.660. The normalized spacial score (nSPS) is 18.4. The van der Waals surface area contributed by atoms with E-state index < -0.39 is 17.2 Å². The molecule has 2 aromatic rings. The van der Waals surface area contributed by atoms with Crippen molar-refractivity contribution in [3.63, 3.8) is 0 Å². The molecule has 0 unspecified atom stereocenters. The maximum Gasteiger partial charge on any atom is 0.230 e. The van der Waals surface area contributed by atoms with E-state index in [2.05, 4.69) is 15.3 Å². The Morgan fingerprint density at radius 3 is 2.58 bits per heavy atom. The highest BCUT2D eigenvalue weighted by Crippen LogP contribution is 2.41. The second-order valence-corrected chi connectivity index (χ2v) is 8.58. The Kier molecular flexibility index (Phi) is 5.47. The number of aliphatic hydroxyl groups is 1. The average molecular weight is 422 g/mol. The van der Waals surface area contributed by atoms with Gasteiger partial charge in [-0.25, -0.2) is 0 Å². The number of amides is 1. The molecule has 1 aliphatic carbocycles. The summed E-state index contributed by atoms with van der Waals surface area (Å²) >= 11 is 0. The first-order valence-electron chi connectivity index (χ1n) is 10.7. The number of carbonyl (C=O) groups is 2. The second kappa shape index (κ2) is 8.09. The van der Waals surface area contributed by atoms with Crippen LogP contribution in [0.2, 0.25) is 0 Å². The Morgan fingerprint density at radius 2 is 1.94 bits per heavy atom. The van der Waals surface area contributed by atoms with Gasteiger partial charge in [0.15, 0.2) is 11.5 Å². The van der Waals surface area contributed by atoms with E-state index in [0.29, 0.717) is 24.7 Å². The lowest BCUT2D eigenvalue weighted by atomic mass is 9.99. The molecule has 1 saturated carbocycles. The Balaban J connectivity index is 1.61. The molecule has 0 radical (unpaired) electrons. The van der Waals surface area contributed by atoms with Crippen molar-refractivity contribution in [2.45, 2.75) is 64.5 Å². The van der Waals surface area contributed by atoms with Gasteiger partial charge in [0.25, 0.3) is 0 Å². The van der Waals surface area contributed by atoms with E-state index in [-0.39, 0.29) is 18.0 Å². The summed E-state index contributed by atoms with van der Waals surface area (Å²) in [5.41, 5.74) is 0.819. The number of rotatable bonds is 7. The fourth-order valence-corrected chi connectivity index (χ4v) is 3.87. The molecule has 0 atom stereocenters. The fourth-order valence-electron chi connectivity index (χ4n) is 3.87. The van der Waals surface area contributed by atoms with Crippen molar-refractivity contribution in [2.24, 2.45) is 10.2 Å². The third-order valence-corrected chi connectivity index (χ3v) is 5.69. The van der Waals surface area contributed by atoms with Crippen LogP contribution in [0.1, 0.15) is 63.6 Å². The molecule has 0 spiro atoms. The molecule has 2 aliphatic rings. The molecule has 8 heteroatoms. The Bertz CT molecular complexity index is 1060. The molecule has 0 bridgehead atoms. The van der Waals surface area contributed by atoms with Crippen molar-refractivity contribution in [1.82, 2.24) is 14.7 Å². The topological polar surface area (TPSA) is 100 Å². The largest absolute Gasteiger partial charge is 0.493 e. The summed E-state index contributed by atoms with van der Waals surface area (Å²) in [4.78, 5) is 26.4. The Labute approximate surface area is 181 Å². The van der Waals surface area contributed by atoms with Gasteiger partial charge in [0, 0.05) is 24.1 Å². The maximum absolute atomic E-state index is 12.8. The zero-order chi connectivity index (χ0) is 22.2. The van der Waals surface area contributed by atoms with Crippen LogP contribution in [-0.2, 0) is 16.1 Å². The molecular weight excluding hydrogens is 394 g/mol. The van der Waals surface area contributed by atoms with E-state index in [0.717, 1.165) is 29.0 Å². The van der Waals surface area contributed by atoms with Gasteiger partial charge in [-0.05, 0) is 38.7 Å². The number of azo groups is 1. The fraction of sp³-hybridized carbons (Fsp3) is 0.435. The van der Waals surface area contributed by atoms with Crippen LogP contribution in [0.5, 0.6) is 0 Å². The van der Waals surface area contributed by atoms with Crippen LogP contribution in [0.3, 0.4) is 0 Å². The molecule has 1 aromatic heterocycles. The number of Topliss-reactive ketones (excluding diaryl/α,β-unsaturated/α-hetero) is 1. The number of aliphatic hydroxyl groups excluding tert-OH is 1. The van der Waals surface area contributed by atoms with Crippen LogP contribution in [0, 0.1) is 0 Å². The minimum Gasteiger partial charge on any atom is -0.493 e. The summed E-state index contributed by atoms with van der Waals surface area (Å²) < 4.78 is 1.92. The first-order chi connectivity index (χ1) is 14.8. The van der Waals surface area contributed by atoms with Gasteiger partial charge in [-0.15, -0.1) is 10.2 Å². The minimum atomic E-state index is -1.20. The van der Waals surface area contributed by atoms with Crippen LogP contribution >= 0.6 is 0 Å². The van der Waals surface area contributed by atoms with Crippen molar-refractivity contribution >= 4 is 17.5 Å². The molecule has 0 saturated heterocycles. The first-order valence-corrected chi connectivity index (χ1v) is 10.7. The van der Waals surface area contributed by atoms with Crippen LogP contribution < -0.4 is 0 Å². The summed E-state index contributed by atoms with van der Waals surface area (Å²) in [5.74, 6) is -0.358. The zero-order valence-corrected chi connectivity index (χ0v) is 18.1. The highest BCUT2D eigenvalue weighted by Gasteiger charge is 2.49. The highest BCUT2D eigenvalue weighted by molar-refractivity contribution is 6.07. The van der Waals surface area contributed by atoms with Crippen molar-refractivity contribution < 1.29 is 14.7 Å². The third kappa shape index (κ3) is 4.02. The van der Waals surface area contributed by atoms with Gasteiger partial charge in [0.2, 0.25) is 17.6 Å². The predicted octanol–water partition coefficient (Wildman–Crippen LogP) is 4.61. The molecule has 1 aliphatic heterocycles. The molecule has 8 nitrogen and oxygen atoms in total. The van der Waals surface area contributed by atoms with E-state index in [1.54, 1.807) is 13.8 Å². The monoisotopic (exact) mass is 421 g/mol. The number of nitrogens with zero attached hydrogens (tertiary/aromatic N) is 5. The first kappa shape index (κ1) is 21.0. The van der Waals surface area contributed by atoms with Gasteiger partial charge >= 0.3 is 0 Å². The lowest BCUT2D eigenvalue weighted by molar-refractivity contribution is -0.140.